The number of ether oxygens (including phenoxy) is 2. The smallest absolute Gasteiger partial charge is 0.123 e. The van der Waals surface area contributed by atoms with E-state index in [-0.39, 0.29) is 11.7 Å². The third-order valence-corrected chi connectivity index (χ3v) is 5.24. The first-order valence-electron chi connectivity index (χ1n) is 7.67. The molecule has 1 unspecified atom stereocenters. The van der Waals surface area contributed by atoms with Crippen molar-refractivity contribution in [3.05, 3.63) is 29.3 Å². The van der Waals surface area contributed by atoms with E-state index in [1.54, 1.807) is 0 Å². The molecule has 1 saturated carbocycles. The molecular weight excluding hydrogens is 316 g/mol. The normalized spacial score (nSPS) is 24.4. The molecule has 1 aromatic carbocycles. The van der Waals surface area contributed by atoms with Crippen molar-refractivity contribution in [3.63, 3.8) is 0 Å². The second kappa shape index (κ2) is 6.07. The third-order valence-electron chi connectivity index (χ3n) is 4.64. The molecule has 0 N–H and O–H groups in total. The maximum Gasteiger partial charge on any atom is 0.123 e. The van der Waals surface area contributed by atoms with Crippen LogP contribution in [-0.2, 0) is 10.1 Å². The van der Waals surface area contributed by atoms with E-state index in [4.69, 9.17) is 9.47 Å². The molecule has 0 aromatic heterocycles. The highest BCUT2D eigenvalue weighted by Gasteiger charge is 2.42. The van der Waals surface area contributed by atoms with E-state index < -0.39 is 0 Å². The van der Waals surface area contributed by atoms with E-state index >= 15 is 0 Å². The van der Waals surface area contributed by atoms with Gasteiger partial charge in [-0.05, 0) is 38.7 Å². The van der Waals surface area contributed by atoms with Gasteiger partial charge in [-0.2, -0.15) is 0 Å². The highest BCUT2D eigenvalue weighted by Crippen LogP contribution is 2.43. The van der Waals surface area contributed by atoms with E-state index in [2.05, 4.69) is 41.1 Å². The number of halogens is 1. The summed E-state index contributed by atoms with van der Waals surface area (Å²) < 4.78 is 12.3. The molecule has 1 aliphatic carbocycles. The van der Waals surface area contributed by atoms with Crippen molar-refractivity contribution in [1.82, 2.24) is 0 Å². The highest BCUT2D eigenvalue weighted by atomic mass is 79.9. The number of rotatable bonds is 4. The van der Waals surface area contributed by atoms with Crippen LogP contribution in [0.15, 0.2) is 18.2 Å². The van der Waals surface area contributed by atoms with Crippen LogP contribution in [0.5, 0.6) is 5.75 Å². The van der Waals surface area contributed by atoms with Crippen LogP contribution >= 0.6 is 15.9 Å². The molecule has 3 heteroatoms. The average molecular weight is 339 g/mol. The van der Waals surface area contributed by atoms with Gasteiger partial charge in [0, 0.05) is 10.9 Å². The molecule has 20 heavy (non-hydrogen) atoms. The van der Waals surface area contributed by atoms with Crippen molar-refractivity contribution >= 4 is 15.9 Å². The summed E-state index contributed by atoms with van der Waals surface area (Å²) in [5.74, 6) is 0.989. The Bertz CT molecular complexity index is 466. The Hall–Kier alpha value is -0.540. The van der Waals surface area contributed by atoms with Crippen LogP contribution < -0.4 is 4.74 Å². The summed E-state index contributed by atoms with van der Waals surface area (Å²) in [7, 11) is 0. The van der Waals surface area contributed by atoms with Crippen LogP contribution in [0.3, 0.4) is 0 Å². The quantitative estimate of drug-likeness (QED) is 0.737. The zero-order valence-corrected chi connectivity index (χ0v) is 13.7. The largest absolute Gasteiger partial charge is 0.491 e. The lowest BCUT2D eigenvalue weighted by Gasteiger charge is -2.24. The zero-order valence-electron chi connectivity index (χ0n) is 12.2. The van der Waals surface area contributed by atoms with Gasteiger partial charge in [0.2, 0.25) is 0 Å². The monoisotopic (exact) mass is 338 g/mol. The van der Waals surface area contributed by atoms with Crippen LogP contribution in [0.2, 0.25) is 0 Å². The predicted octanol–water partition coefficient (Wildman–Crippen LogP) is 4.76. The summed E-state index contributed by atoms with van der Waals surface area (Å²) in [6, 6.07) is 6.36. The standard InChI is InChI=1S/C17H23BrO2/c1-13-4-5-16(14(10-13)11-18)19-12-15-6-9-17(20-15)7-2-3-8-17/h4-5,10,15H,2-3,6-9,11-12H2,1H3. The maximum atomic E-state index is 6.29. The van der Waals surface area contributed by atoms with Crippen molar-refractivity contribution in [2.24, 2.45) is 0 Å². The van der Waals surface area contributed by atoms with E-state index in [9.17, 15) is 0 Å². The van der Waals surface area contributed by atoms with Gasteiger partial charge >= 0.3 is 0 Å². The lowest BCUT2D eigenvalue weighted by atomic mass is 9.98. The van der Waals surface area contributed by atoms with Crippen LogP contribution in [0.4, 0.5) is 0 Å². The Labute approximate surface area is 130 Å². The van der Waals surface area contributed by atoms with Crippen molar-refractivity contribution in [3.8, 4) is 5.75 Å². The third kappa shape index (κ3) is 3.04. The Morgan fingerprint density at radius 1 is 1.30 bits per heavy atom. The van der Waals surface area contributed by atoms with Gasteiger partial charge in [0.05, 0.1) is 11.7 Å². The maximum absolute atomic E-state index is 6.29. The lowest BCUT2D eigenvalue weighted by Crippen LogP contribution is -2.27. The molecule has 0 bridgehead atoms. The number of alkyl halides is 1. The predicted molar refractivity (Wildman–Crippen MR) is 84.6 cm³/mol. The molecule has 1 aliphatic heterocycles. The van der Waals surface area contributed by atoms with Crippen LogP contribution in [0, 0.1) is 6.92 Å². The molecule has 0 amide bonds. The van der Waals surface area contributed by atoms with Crippen molar-refractivity contribution in [2.45, 2.75) is 62.5 Å². The Balaban J connectivity index is 1.57. The molecule has 1 aromatic rings. The number of hydrogen-bond donors (Lipinski definition) is 0. The fraction of sp³-hybridized carbons (Fsp3) is 0.647. The second-order valence-electron chi connectivity index (χ2n) is 6.22. The van der Waals surface area contributed by atoms with Crippen LogP contribution in [0.25, 0.3) is 0 Å². The van der Waals surface area contributed by atoms with Crippen molar-refractivity contribution in [2.75, 3.05) is 6.61 Å². The lowest BCUT2D eigenvalue weighted by molar-refractivity contribution is -0.0509. The molecule has 1 spiro atoms. The molecule has 1 heterocycles. The van der Waals surface area contributed by atoms with E-state index in [1.807, 2.05) is 0 Å². The van der Waals surface area contributed by atoms with Crippen molar-refractivity contribution < 1.29 is 9.47 Å². The Kier molecular flexibility index (Phi) is 4.37. The summed E-state index contributed by atoms with van der Waals surface area (Å²) >= 11 is 3.53. The zero-order chi connectivity index (χ0) is 14.0. The molecular formula is C17H23BrO2. The summed E-state index contributed by atoms with van der Waals surface area (Å²) in [4.78, 5) is 0. The minimum absolute atomic E-state index is 0.208. The van der Waals surface area contributed by atoms with Gasteiger partial charge in [0.1, 0.15) is 12.4 Å². The Morgan fingerprint density at radius 3 is 2.85 bits per heavy atom. The summed E-state index contributed by atoms with van der Waals surface area (Å²) in [6.07, 6.45) is 7.81. The molecule has 0 radical (unpaired) electrons. The topological polar surface area (TPSA) is 18.5 Å². The van der Waals surface area contributed by atoms with Crippen molar-refractivity contribution in [1.29, 1.82) is 0 Å². The average Bonchev–Trinajstić information content (AvgIpc) is 3.08. The first kappa shape index (κ1) is 14.4. The molecule has 1 atom stereocenters. The molecule has 110 valence electrons. The van der Waals surface area contributed by atoms with Gasteiger partial charge in [-0.15, -0.1) is 0 Å². The van der Waals surface area contributed by atoms with Gasteiger partial charge in [0.15, 0.2) is 0 Å². The SMILES string of the molecule is Cc1ccc(OCC2CCC3(CCCC3)O2)c(CBr)c1. The molecule has 2 nitrogen and oxygen atoms in total. The van der Waals surface area contributed by atoms with Gasteiger partial charge in [-0.25, -0.2) is 0 Å². The fourth-order valence-corrected chi connectivity index (χ4v) is 3.97. The first-order chi connectivity index (χ1) is 9.71. The van der Waals surface area contributed by atoms with Gasteiger partial charge in [-0.1, -0.05) is 46.5 Å². The molecule has 3 rings (SSSR count). The van der Waals surface area contributed by atoms with Gasteiger partial charge in [-0.3, -0.25) is 0 Å². The molecule has 2 aliphatic rings. The van der Waals surface area contributed by atoms with E-state index in [0.29, 0.717) is 6.61 Å². The number of hydrogen-bond acceptors (Lipinski definition) is 2. The fourth-order valence-electron chi connectivity index (χ4n) is 3.54. The first-order valence-corrected chi connectivity index (χ1v) is 8.79. The summed E-state index contributed by atoms with van der Waals surface area (Å²) in [5, 5.41) is 0.833. The molecule has 2 fully saturated rings. The molecule has 1 saturated heterocycles. The van der Waals surface area contributed by atoms with E-state index in [0.717, 1.165) is 17.5 Å². The minimum Gasteiger partial charge on any atom is -0.491 e. The Morgan fingerprint density at radius 2 is 2.10 bits per heavy atom. The number of benzene rings is 1. The van der Waals surface area contributed by atoms with Crippen LogP contribution in [-0.4, -0.2) is 18.3 Å². The summed E-state index contributed by atoms with van der Waals surface area (Å²) in [6.45, 7) is 2.80. The second-order valence-corrected chi connectivity index (χ2v) is 6.79. The summed E-state index contributed by atoms with van der Waals surface area (Å²) in [5.41, 5.74) is 2.70. The number of aryl methyl sites for hydroxylation is 1. The highest BCUT2D eigenvalue weighted by molar-refractivity contribution is 9.08. The minimum atomic E-state index is 0.208. The van der Waals surface area contributed by atoms with E-state index in [1.165, 1.54) is 43.2 Å². The van der Waals surface area contributed by atoms with Gasteiger partial charge < -0.3 is 9.47 Å². The van der Waals surface area contributed by atoms with Gasteiger partial charge in [0.25, 0.3) is 0 Å². The van der Waals surface area contributed by atoms with Crippen LogP contribution in [0.1, 0.15) is 49.7 Å².